The van der Waals surface area contributed by atoms with E-state index in [2.05, 4.69) is 41.5 Å². The molecule has 0 aliphatic carbocycles. The van der Waals surface area contributed by atoms with Crippen LogP contribution < -0.4 is 0 Å². The van der Waals surface area contributed by atoms with Crippen molar-refractivity contribution in [3.05, 3.63) is 77.8 Å². The summed E-state index contributed by atoms with van der Waals surface area (Å²) in [5.74, 6) is 0.131. The number of hydrogen-bond donors (Lipinski definition) is 3. The van der Waals surface area contributed by atoms with E-state index in [1.54, 1.807) is 6.08 Å². The molecule has 0 unspecified atom stereocenters. The minimum Gasteiger partial charge on any atom is -0.478 e. The molecule has 1 aromatic carbocycles. The zero-order valence-corrected chi connectivity index (χ0v) is 19.1. The molecule has 0 spiro atoms. The number of aliphatic hydroxyl groups is 1. The zero-order valence-electron chi connectivity index (χ0n) is 19.1. The average Bonchev–Trinajstić information content (AvgIpc) is 3.30. The number of carboxylic acid groups (broad SMARTS) is 1. The van der Waals surface area contributed by atoms with Crippen LogP contribution in [0.3, 0.4) is 0 Å². The third-order valence-electron chi connectivity index (χ3n) is 5.54. The summed E-state index contributed by atoms with van der Waals surface area (Å²) in [4.78, 5) is 14.1. The number of benzene rings is 1. The van der Waals surface area contributed by atoms with E-state index >= 15 is 0 Å². The lowest BCUT2D eigenvalue weighted by molar-refractivity contribution is -0.131. The Morgan fingerprint density at radius 3 is 2.47 bits per heavy atom. The predicted octanol–water partition coefficient (Wildman–Crippen LogP) is 6.86. The van der Waals surface area contributed by atoms with Crippen LogP contribution in [0.5, 0.6) is 0 Å². The van der Waals surface area contributed by atoms with Gasteiger partial charge in [-0.2, -0.15) is 0 Å². The number of unbranched alkanes of at least 4 members (excludes halogenated alkanes) is 1. The molecule has 5 heteroatoms. The maximum absolute atomic E-state index is 11.0. The maximum Gasteiger partial charge on any atom is 0.327 e. The highest BCUT2D eigenvalue weighted by molar-refractivity contribution is 5.80. The van der Waals surface area contributed by atoms with Crippen molar-refractivity contribution in [2.45, 2.75) is 70.4 Å². The van der Waals surface area contributed by atoms with E-state index in [4.69, 9.17) is 5.11 Å². The van der Waals surface area contributed by atoms with Crippen LogP contribution in [-0.2, 0) is 4.79 Å². The van der Waals surface area contributed by atoms with Gasteiger partial charge in [0.2, 0.25) is 0 Å². The summed E-state index contributed by atoms with van der Waals surface area (Å²) >= 11 is 0. The number of carbonyl (C=O) groups is 1. The Balaban J connectivity index is 1.98. The third-order valence-corrected chi connectivity index (χ3v) is 5.54. The van der Waals surface area contributed by atoms with E-state index in [1.165, 1.54) is 11.6 Å². The Labute approximate surface area is 192 Å². The molecule has 0 saturated heterocycles. The first kappa shape index (κ1) is 25.5. The van der Waals surface area contributed by atoms with Gasteiger partial charge in [-0.25, -0.2) is 4.79 Å². The molecule has 174 valence electrons. The number of aromatic nitrogens is 1. The molecule has 2 rings (SSSR count). The van der Waals surface area contributed by atoms with Gasteiger partial charge in [-0.15, -0.1) is 0 Å². The summed E-state index contributed by atoms with van der Waals surface area (Å²) in [6.07, 6.45) is 16.3. The fraction of sp³-hybridized carbons (Fsp3) is 0.444. The van der Waals surface area contributed by atoms with Gasteiger partial charge in [-0.1, -0.05) is 98.9 Å². The molecule has 32 heavy (non-hydrogen) atoms. The summed E-state index contributed by atoms with van der Waals surface area (Å²) in [5, 5.41) is 23.9. The van der Waals surface area contributed by atoms with Crippen LogP contribution in [0.15, 0.2) is 66.9 Å². The average molecular weight is 438 g/mol. The minimum absolute atomic E-state index is 0.201. The molecule has 1 heterocycles. The number of carboxylic acids is 1. The summed E-state index contributed by atoms with van der Waals surface area (Å²) in [6, 6.07) is 13.8. The number of rotatable bonds is 16. The van der Waals surface area contributed by atoms with Crippen molar-refractivity contribution >= 4 is 17.9 Å². The second-order valence-electron chi connectivity index (χ2n) is 8.28. The molecule has 2 aromatic rings. The smallest absolute Gasteiger partial charge is 0.327 e. The molecule has 0 bridgehead atoms. The van der Waals surface area contributed by atoms with Crippen molar-refractivity contribution < 1.29 is 15.0 Å². The van der Waals surface area contributed by atoms with Crippen molar-refractivity contribution in [1.82, 2.24) is 4.98 Å². The van der Waals surface area contributed by atoms with Gasteiger partial charge in [0.1, 0.15) is 0 Å². The third kappa shape index (κ3) is 11.0. The van der Waals surface area contributed by atoms with E-state index in [9.17, 15) is 9.90 Å². The quantitative estimate of drug-likeness (QED) is 0.251. The Kier molecular flexibility index (Phi) is 12.0. The number of nitrogens with one attached hydrogen (secondary N) is 1. The Bertz CT molecular complexity index is 800. The molecular weight excluding hydrogens is 400 g/mol. The molecule has 0 radical (unpaired) electrons. The number of aliphatic carboxylic acids is 1. The highest BCUT2D eigenvalue weighted by Crippen LogP contribution is 2.26. The monoisotopic (exact) mass is 437 g/mol. The molecule has 1 aromatic heterocycles. The van der Waals surface area contributed by atoms with E-state index < -0.39 is 5.97 Å². The zero-order chi connectivity index (χ0) is 23.0. The van der Waals surface area contributed by atoms with Gasteiger partial charge in [0.05, 0.1) is 6.10 Å². The maximum atomic E-state index is 11.0. The molecule has 5 nitrogen and oxygen atoms in total. The summed E-state index contributed by atoms with van der Waals surface area (Å²) in [6.45, 7) is 2.14. The molecule has 0 saturated carbocycles. The normalized spacial score (nSPS) is 14.6. The number of H-pyrrole nitrogens is 1. The van der Waals surface area contributed by atoms with Crippen LogP contribution in [0.25, 0.3) is 11.4 Å². The van der Waals surface area contributed by atoms with Gasteiger partial charge in [0, 0.05) is 6.08 Å². The lowest BCUT2D eigenvalue weighted by atomic mass is 9.92. The van der Waals surface area contributed by atoms with Crippen LogP contribution >= 0.6 is 0 Å². The lowest BCUT2D eigenvalue weighted by Gasteiger charge is -2.24. The van der Waals surface area contributed by atoms with Crippen molar-refractivity contribution in [3.8, 4) is 0 Å². The molecule has 0 aliphatic rings. The van der Waals surface area contributed by atoms with Crippen molar-refractivity contribution in [1.29, 1.82) is 0 Å². The van der Waals surface area contributed by atoms with Crippen LogP contribution in [0, 0.1) is 5.92 Å². The van der Waals surface area contributed by atoms with Gasteiger partial charge in [0.25, 0.3) is 0 Å². The number of aliphatic hydroxyl groups excluding tert-OH is 1. The van der Waals surface area contributed by atoms with Crippen LogP contribution in [0.2, 0.25) is 0 Å². The standard InChI is InChI=1S/C27H37N2O3/c1-2-3-12-25(30)13-7-11-23(16-15-22-9-5-4-6-10-22)17-18-24(19-20-27(31)32)29-26-14-8-21-28-26/h4-6,8-10,14-16,19-21,23-25,28,30H,2-3,7,11-13,17-18H2,1H3,(H,31,32)/q-1/b16-15+,20-19+/t23-,24-,25+/m1/s1. The molecule has 3 N–H and O–H groups in total. The van der Waals surface area contributed by atoms with Gasteiger partial charge in [-0.3, -0.25) is 0 Å². The second-order valence-corrected chi connectivity index (χ2v) is 8.28. The van der Waals surface area contributed by atoms with Gasteiger partial charge < -0.3 is 20.5 Å². The summed E-state index contributed by atoms with van der Waals surface area (Å²) in [5.41, 5.74) is 1.17. The summed E-state index contributed by atoms with van der Waals surface area (Å²) < 4.78 is 0. The molecule has 0 aliphatic heterocycles. The first-order valence-electron chi connectivity index (χ1n) is 11.7. The van der Waals surface area contributed by atoms with Crippen molar-refractivity contribution in [2.75, 3.05) is 0 Å². The predicted molar refractivity (Wildman–Crippen MR) is 132 cm³/mol. The van der Waals surface area contributed by atoms with Gasteiger partial charge in [0.15, 0.2) is 0 Å². The Morgan fingerprint density at radius 2 is 1.78 bits per heavy atom. The Hall–Kier alpha value is -2.79. The minimum atomic E-state index is -0.960. The largest absolute Gasteiger partial charge is 0.478 e. The first-order valence-corrected chi connectivity index (χ1v) is 11.7. The van der Waals surface area contributed by atoms with Crippen molar-refractivity contribution in [3.63, 3.8) is 0 Å². The number of aromatic amines is 1. The van der Waals surface area contributed by atoms with E-state index in [0.717, 1.165) is 57.2 Å². The van der Waals surface area contributed by atoms with Gasteiger partial charge in [-0.05, 0) is 49.6 Å². The molecule has 3 atom stereocenters. The fourth-order valence-electron chi connectivity index (χ4n) is 3.71. The highest BCUT2D eigenvalue weighted by Gasteiger charge is 2.11. The number of hydrogen-bond acceptors (Lipinski definition) is 2. The van der Waals surface area contributed by atoms with Crippen LogP contribution in [-0.4, -0.2) is 33.3 Å². The SMILES string of the molecule is CCCC[C@H](O)CCC[C@H](/C=C/c1ccccc1)CC[C@H](/C=C/C(=O)O)[N-]c1ccc[nH]1. The van der Waals surface area contributed by atoms with Crippen molar-refractivity contribution in [2.24, 2.45) is 5.92 Å². The highest BCUT2D eigenvalue weighted by atomic mass is 16.4. The molecule has 0 amide bonds. The summed E-state index contributed by atoms with van der Waals surface area (Å²) in [7, 11) is 0. The van der Waals surface area contributed by atoms with E-state index in [1.807, 2.05) is 36.5 Å². The number of nitrogens with zero attached hydrogens (tertiary/aromatic N) is 1. The molecular formula is C27H37N2O3-. The van der Waals surface area contributed by atoms with E-state index in [0.29, 0.717) is 5.92 Å². The molecule has 0 fully saturated rings. The van der Waals surface area contributed by atoms with Crippen LogP contribution in [0.1, 0.15) is 63.9 Å². The second kappa shape index (κ2) is 15.1. The van der Waals surface area contributed by atoms with E-state index in [-0.39, 0.29) is 12.1 Å². The van der Waals surface area contributed by atoms with Gasteiger partial charge >= 0.3 is 5.97 Å². The number of allylic oxidation sites excluding steroid dienone is 1. The van der Waals surface area contributed by atoms with Crippen LogP contribution in [0.4, 0.5) is 5.82 Å². The Morgan fingerprint density at radius 1 is 1.00 bits per heavy atom. The lowest BCUT2D eigenvalue weighted by Crippen LogP contribution is -2.09. The topological polar surface area (TPSA) is 87.4 Å². The fourth-order valence-corrected chi connectivity index (χ4v) is 3.71. The first-order chi connectivity index (χ1) is 15.6.